The van der Waals surface area contributed by atoms with Crippen LogP contribution >= 0.6 is 0 Å². The molecule has 2 aliphatic rings. The number of hydrogen-bond donors (Lipinski definition) is 1. The van der Waals surface area contributed by atoms with Gasteiger partial charge in [-0.05, 0) is 30.0 Å². The Hall–Kier alpha value is -2.47. The fourth-order valence-electron chi connectivity index (χ4n) is 3.57. The van der Waals surface area contributed by atoms with E-state index in [4.69, 9.17) is 0 Å². The fraction of sp³-hybridized carbons (Fsp3) is 0.389. The minimum Gasteiger partial charge on any atom is -0.478 e. The van der Waals surface area contributed by atoms with Crippen LogP contribution in [0, 0.1) is 0 Å². The first-order valence-electron chi connectivity index (χ1n) is 8.33. The number of carboxylic acid groups (broad SMARTS) is 1. The van der Waals surface area contributed by atoms with Gasteiger partial charge in [0, 0.05) is 50.7 Å². The van der Waals surface area contributed by atoms with Crippen LogP contribution in [0.2, 0.25) is 0 Å². The van der Waals surface area contributed by atoms with Crippen molar-refractivity contribution in [1.82, 2.24) is 14.9 Å². The van der Waals surface area contributed by atoms with Gasteiger partial charge in [-0.2, -0.15) is 0 Å². The van der Waals surface area contributed by atoms with Gasteiger partial charge in [0.2, 0.25) is 5.95 Å². The Morgan fingerprint density at radius 1 is 1.12 bits per heavy atom. The van der Waals surface area contributed by atoms with E-state index in [0.29, 0.717) is 12.1 Å². The lowest BCUT2D eigenvalue weighted by molar-refractivity contribution is 0.0695. The molecular formula is C18H20N4O2. The molecule has 0 amide bonds. The maximum absolute atomic E-state index is 11.3. The fourth-order valence-corrected chi connectivity index (χ4v) is 3.57. The van der Waals surface area contributed by atoms with Crippen molar-refractivity contribution in [1.29, 1.82) is 0 Å². The van der Waals surface area contributed by atoms with E-state index in [1.807, 2.05) is 24.5 Å². The van der Waals surface area contributed by atoms with Crippen LogP contribution < -0.4 is 4.90 Å². The largest absolute Gasteiger partial charge is 0.478 e. The monoisotopic (exact) mass is 324 g/mol. The first-order valence-corrected chi connectivity index (χ1v) is 8.33. The smallest absolute Gasteiger partial charge is 0.336 e. The summed E-state index contributed by atoms with van der Waals surface area (Å²) in [5.74, 6) is -0.0406. The van der Waals surface area contributed by atoms with Crippen LogP contribution in [0.1, 0.15) is 39.9 Å². The second-order valence-electron chi connectivity index (χ2n) is 6.48. The van der Waals surface area contributed by atoms with Crippen molar-refractivity contribution in [2.45, 2.75) is 32.5 Å². The van der Waals surface area contributed by atoms with E-state index in [1.54, 1.807) is 6.07 Å². The SMILES string of the molecule is O=C(O)c1cccc2c1CN(Cc1cnc(N3CCCC3)nc1)C2. The highest BCUT2D eigenvalue weighted by atomic mass is 16.4. The molecule has 24 heavy (non-hydrogen) atoms. The molecule has 3 heterocycles. The molecule has 0 radical (unpaired) electrons. The predicted molar refractivity (Wildman–Crippen MR) is 89.8 cm³/mol. The Morgan fingerprint density at radius 3 is 2.58 bits per heavy atom. The van der Waals surface area contributed by atoms with Crippen LogP contribution in [-0.2, 0) is 19.6 Å². The summed E-state index contributed by atoms with van der Waals surface area (Å²) < 4.78 is 0. The summed E-state index contributed by atoms with van der Waals surface area (Å²) in [6.07, 6.45) is 6.20. The van der Waals surface area contributed by atoms with Crippen LogP contribution in [0.15, 0.2) is 30.6 Å². The molecule has 2 aromatic rings. The second-order valence-corrected chi connectivity index (χ2v) is 6.48. The molecule has 6 nitrogen and oxygen atoms in total. The van der Waals surface area contributed by atoms with Crippen molar-refractivity contribution in [3.05, 3.63) is 52.8 Å². The first-order chi connectivity index (χ1) is 11.7. The van der Waals surface area contributed by atoms with E-state index in [0.717, 1.165) is 48.8 Å². The minimum atomic E-state index is -0.855. The van der Waals surface area contributed by atoms with Crippen molar-refractivity contribution in [3.8, 4) is 0 Å². The molecular weight excluding hydrogens is 304 g/mol. The average Bonchev–Trinajstić information content (AvgIpc) is 3.24. The Kier molecular flexibility index (Phi) is 3.90. The van der Waals surface area contributed by atoms with Crippen molar-refractivity contribution < 1.29 is 9.90 Å². The molecule has 1 aromatic heterocycles. The van der Waals surface area contributed by atoms with E-state index >= 15 is 0 Å². The molecule has 0 aliphatic carbocycles. The molecule has 1 fully saturated rings. The third-order valence-corrected chi connectivity index (χ3v) is 4.77. The summed E-state index contributed by atoms with van der Waals surface area (Å²) in [5, 5.41) is 9.32. The molecule has 0 spiro atoms. The van der Waals surface area contributed by atoms with Crippen molar-refractivity contribution in [2.24, 2.45) is 0 Å². The van der Waals surface area contributed by atoms with Gasteiger partial charge in [-0.3, -0.25) is 4.90 Å². The van der Waals surface area contributed by atoms with Gasteiger partial charge in [-0.25, -0.2) is 14.8 Å². The molecule has 0 bridgehead atoms. The normalized spacial score (nSPS) is 17.2. The molecule has 0 unspecified atom stereocenters. The number of benzene rings is 1. The maximum Gasteiger partial charge on any atom is 0.336 e. The predicted octanol–water partition coefficient (Wildman–Crippen LogP) is 2.29. The number of fused-ring (bicyclic) bond motifs is 1. The van der Waals surface area contributed by atoms with Gasteiger partial charge in [0.25, 0.3) is 0 Å². The van der Waals surface area contributed by atoms with Crippen LogP contribution in [0.3, 0.4) is 0 Å². The third-order valence-electron chi connectivity index (χ3n) is 4.77. The molecule has 4 rings (SSSR count). The summed E-state index contributed by atoms with van der Waals surface area (Å²) in [6, 6.07) is 5.51. The van der Waals surface area contributed by atoms with Gasteiger partial charge in [-0.15, -0.1) is 0 Å². The quantitative estimate of drug-likeness (QED) is 0.930. The molecule has 2 aliphatic heterocycles. The molecule has 0 atom stereocenters. The number of anilines is 1. The van der Waals surface area contributed by atoms with Crippen molar-refractivity contribution in [3.63, 3.8) is 0 Å². The summed E-state index contributed by atoms with van der Waals surface area (Å²) in [4.78, 5) is 24.8. The Labute approximate surface area is 140 Å². The molecule has 1 aromatic carbocycles. The molecule has 0 saturated carbocycles. The first kappa shape index (κ1) is 15.1. The summed E-state index contributed by atoms with van der Waals surface area (Å²) >= 11 is 0. The lowest BCUT2D eigenvalue weighted by atomic mass is 10.0. The highest BCUT2D eigenvalue weighted by Crippen LogP contribution is 2.27. The summed E-state index contributed by atoms with van der Waals surface area (Å²) in [6.45, 7) is 4.24. The molecule has 1 N–H and O–H groups in total. The third kappa shape index (κ3) is 2.85. The van der Waals surface area contributed by atoms with E-state index in [1.165, 1.54) is 12.8 Å². The molecule has 1 saturated heterocycles. The highest BCUT2D eigenvalue weighted by Gasteiger charge is 2.24. The van der Waals surface area contributed by atoms with Gasteiger partial charge in [0.15, 0.2) is 0 Å². The number of nitrogens with zero attached hydrogens (tertiary/aromatic N) is 4. The average molecular weight is 324 g/mol. The Bertz CT molecular complexity index is 754. The molecule has 6 heteroatoms. The van der Waals surface area contributed by atoms with Crippen LogP contribution in [0.5, 0.6) is 0 Å². The lowest BCUT2D eigenvalue weighted by Gasteiger charge is -2.17. The van der Waals surface area contributed by atoms with Gasteiger partial charge in [0.05, 0.1) is 5.56 Å². The summed E-state index contributed by atoms with van der Waals surface area (Å²) in [5.41, 5.74) is 3.50. The number of aromatic nitrogens is 2. The van der Waals surface area contributed by atoms with Crippen LogP contribution in [-0.4, -0.2) is 39.0 Å². The summed E-state index contributed by atoms with van der Waals surface area (Å²) in [7, 11) is 0. The molecule has 124 valence electrons. The van der Waals surface area contributed by atoms with Gasteiger partial charge in [-0.1, -0.05) is 12.1 Å². The van der Waals surface area contributed by atoms with Gasteiger partial charge >= 0.3 is 5.97 Å². The number of aromatic carboxylic acids is 1. The van der Waals surface area contributed by atoms with Crippen molar-refractivity contribution >= 4 is 11.9 Å². The van der Waals surface area contributed by atoms with Crippen LogP contribution in [0.25, 0.3) is 0 Å². The zero-order chi connectivity index (χ0) is 16.5. The zero-order valence-corrected chi connectivity index (χ0v) is 13.5. The number of hydrogen-bond acceptors (Lipinski definition) is 5. The second kappa shape index (κ2) is 6.20. The van der Waals surface area contributed by atoms with Gasteiger partial charge < -0.3 is 10.0 Å². The van der Waals surface area contributed by atoms with Crippen molar-refractivity contribution in [2.75, 3.05) is 18.0 Å². The minimum absolute atomic E-state index is 0.413. The van der Waals surface area contributed by atoms with E-state index < -0.39 is 5.97 Å². The Balaban J connectivity index is 1.45. The number of carboxylic acids is 1. The zero-order valence-electron chi connectivity index (χ0n) is 13.5. The van der Waals surface area contributed by atoms with Crippen LogP contribution in [0.4, 0.5) is 5.95 Å². The standard InChI is InChI=1S/C18H20N4O2/c23-17(24)15-5-3-4-14-11-21(12-16(14)15)10-13-8-19-18(20-9-13)22-6-1-2-7-22/h3-5,8-9H,1-2,6-7,10-12H2,(H,23,24). The number of carbonyl (C=O) groups is 1. The van der Waals surface area contributed by atoms with Gasteiger partial charge in [0.1, 0.15) is 0 Å². The topological polar surface area (TPSA) is 69.6 Å². The maximum atomic E-state index is 11.3. The lowest BCUT2D eigenvalue weighted by Crippen LogP contribution is -2.21. The highest BCUT2D eigenvalue weighted by molar-refractivity contribution is 5.90. The van der Waals surface area contributed by atoms with E-state index in [2.05, 4.69) is 19.8 Å². The van der Waals surface area contributed by atoms with E-state index in [-0.39, 0.29) is 0 Å². The van der Waals surface area contributed by atoms with E-state index in [9.17, 15) is 9.90 Å². The Morgan fingerprint density at radius 2 is 1.88 bits per heavy atom. The number of rotatable bonds is 4.